The molecule has 0 spiro atoms. The molecule has 0 radical (unpaired) electrons. The monoisotopic (exact) mass is 369 g/mol. The van der Waals surface area contributed by atoms with E-state index in [0.717, 1.165) is 25.2 Å². The minimum atomic E-state index is -0.150. The number of rotatable bonds is 6. The number of nitrogens with two attached hydrogens (primary N) is 1. The summed E-state index contributed by atoms with van der Waals surface area (Å²) in [5, 5.41) is 2.84. The van der Waals surface area contributed by atoms with Gasteiger partial charge in [-0.15, -0.1) is 24.8 Å². The number of amides is 1. The molecule has 1 amide bonds. The SMILES string of the molecule is CCCN(CC)c1ccc(C(=O)Nc2ccccc2N)cc1.Cl.Cl. The van der Waals surface area contributed by atoms with Crippen molar-refractivity contribution in [3.8, 4) is 0 Å². The van der Waals surface area contributed by atoms with Gasteiger partial charge in [-0.2, -0.15) is 0 Å². The van der Waals surface area contributed by atoms with E-state index in [4.69, 9.17) is 5.73 Å². The van der Waals surface area contributed by atoms with E-state index >= 15 is 0 Å². The Kier molecular flexibility index (Phi) is 9.93. The molecule has 0 saturated heterocycles. The molecule has 0 aliphatic carbocycles. The Bertz CT molecular complexity index is 632. The Morgan fingerprint density at radius 2 is 1.67 bits per heavy atom. The summed E-state index contributed by atoms with van der Waals surface area (Å²) in [4.78, 5) is 14.6. The van der Waals surface area contributed by atoms with E-state index in [1.807, 2.05) is 36.4 Å². The number of hydrogen-bond acceptors (Lipinski definition) is 3. The number of anilines is 3. The van der Waals surface area contributed by atoms with Crippen LogP contribution in [0.1, 0.15) is 30.6 Å². The first-order valence-corrected chi connectivity index (χ1v) is 7.66. The van der Waals surface area contributed by atoms with Crippen LogP contribution in [0.3, 0.4) is 0 Å². The number of hydrogen-bond donors (Lipinski definition) is 2. The summed E-state index contributed by atoms with van der Waals surface area (Å²) in [5.41, 5.74) is 8.80. The highest BCUT2D eigenvalue weighted by molar-refractivity contribution is 6.05. The topological polar surface area (TPSA) is 58.4 Å². The highest BCUT2D eigenvalue weighted by Crippen LogP contribution is 2.19. The number of nitrogens with one attached hydrogen (secondary N) is 1. The molecule has 132 valence electrons. The summed E-state index contributed by atoms with van der Waals surface area (Å²) in [5.74, 6) is -0.150. The molecule has 24 heavy (non-hydrogen) atoms. The van der Waals surface area contributed by atoms with Crippen LogP contribution in [0, 0.1) is 0 Å². The predicted molar refractivity (Wildman–Crippen MR) is 108 cm³/mol. The lowest BCUT2D eigenvalue weighted by Gasteiger charge is -2.22. The lowest BCUT2D eigenvalue weighted by molar-refractivity contribution is 0.102. The van der Waals surface area contributed by atoms with Crippen LogP contribution in [0.5, 0.6) is 0 Å². The van der Waals surface area contributed by atoms with Gasteiger partial charge in [0.05, 0.1) is 11.4 Å². The van der Waals surface area contributed by atoms with Crippen LogP contribution in [-0.2, 0) is 0 Å². The van der Waals surface area contributed by atoms with Gasteiger partial charge in [-0.1, -0.05) is 19.1 Å². The van der Waals surface area contributed by atoms with Crippen LogP contribution in [0.2, 0.25) is 0 Å². The van der Waals surface area contributed by atoms with Crippen LogP contribution in [0.4, 0.5) is 17.1 Å². The maximum absolute atomic E-state index is 12.3. The summed E-state index contributed by atoms with van der Waals surface area (Å²) in [6.45, 7) is 6.27. The van der Waals surface area contributed by atoms with Crippen LogP contribution >= 0.6 is 24.8 Å². The van der Waals surface area contributed by atoms with Gasteiger partial charge in [-0.05, 0) is 49.7 Å². The number of benzene rings is 2. The fourth-order valence-electron chi connectivity index (χ4n) is 2.37. The molecular weight excluding hydrogens is 345 g/mol. The van der Waals surface area contributed by atoms with Crippen LogP contribution < -0.4 is 16.0 Å². The van der Waals surface area contributed by atoms with Crippen LogP contribution in [-0.4, -0.2) is 19.0 Å². The Morgan fingerprint density at radius 3 is 2.21 bits per heavy atom. The second-order valence-electron chi connectivity index (χ2n) is 5.17. The van der Waals surface area contributed by atoms with Gasteiger partial charge in [-0.3, -0.25) is 4.79 Å². The summed E-state index contributed by atoms with van der Waals surface area (Å²) in [6, 6.07) is 14.9. The fraction of sp³-hybridized carbons (Fsp3) is 0.278. The van der Waals surface area contributed by atoms with Gasteiger partial charge >= 0.3 is 0 Å². The van der Waals surface area contributed by atoms with Crippen molar-refractivity contribution in [2.75, 3.05) is 29.0 Å². The van der Waals surface area contributed by atoms with E-state index in [9.17, 15) is 4.79 Å². The molecule has 2 aromatic rings. The Hall–Kier alpha value is -1.91. The highest BCUT2D eigenvalue weighted by Gasteiger charge is 2.09. The first-order valence-electron chi connectivity index (χ1n) is 7.66. The third-order valence-corrected chi connectivity index (χ3v) is 3.58. The molecule has 2 aromatic carbocycles. The van der Waals surface area contributed by atoms with Gasteiger partial charge in [0.2, 0.25) is 0 Å². The zero-order valence-electron chi connectivity index (χ0n) is 14.0. The zero-order chi connectivity index (χ0) is 15.9. The lowest BCUT2D eigenvalue weighted by Crippen LogP contribution is -2.23. The van der Waals surface area contributed by atoms with Crippen molar-refractivity contribution in [3.63, 3.8) is 0 Å². The molecule has 0 bridgehead atoms. The van der Waals surface area contributed by atoms with Gasteiger partial charge in [0.1, 0.15) is 0 Å². The molecule has 0 aliphatic heterocycles. The molecule has 0 fully saturated rings. The molecule has 0 aliphatic rings. The Labute approximate surface area is 156 Å². The normalized spacial score (nSPS) is 9.42. The molecule has 2 rings (SSSR count). The largest absolute Gasteiger partial charge is 0.397 e. The fourth-order valence-corrected chi connectivity index (χ4v) is 2.37. The Morgan fingerprint density at radius 1 is 1.04 bits per heavy atom. The first kappa shape index (κ1) is 22.1. The average Bonchev–Trinajstić information content (AvgIpc) is 2.55. The second-order valence-corrected chi connectivity index (χ2v) is 5.17. The Balaban J connectivity index is 0.00000264. The summed E-state index contributed by atoms with van der Waals surface area (Å²) in [7, 11) is 0. The molecule has 6 heteroatoms. The van der Waals surface area contributed by atoms with Crippen molar-refractivity contribution in [1.29, 1.82) is 0 Å². The maximum Gasteiger partial charge on any atom is 0.255 e. The quantitative estimate of drug-likeness (QED) is 0.731. The molecular formula is C18H25Cl2N3O. The van der Waals surface area contributed by atoms with Gasteiger partial charge in [0.25, 0.3) is 5.91 Å². The van der Waals surface area contributed by atoms with Crippen molar-refractivity contribution in [1.82, 2.24) is 0 Å². The van der Waals surface area contributed by atoms with Crippen molar-refractivity contribution >= 4 is 47.8 Å². The summed E-state index contributed by atoms with van der Waals surface area (Å²) in [6.07, 6.45) is 1.10. The van der Waals surface area contributed by atoms with Crippen molar-refractivity contribution in [2.45, 2.75) is 20.3 Å². The average molecular weight is 370 g/mol. The number of carbonyl (C=O) groups excluding carboxylic acids is 1. The summed E-state index contributed by atoms with van der Waals surface area (Å²) >= 11 is 0. The number of para-hydroxylation sites is 2. The van der Waals surface area contributed by atoms with E-state index in [1.54, 1.807) is 12.1 Å². The smallest absolute Gasteiger partial charge is 0.255 e. The molecule has 0 aromatic heterocycles. The van der Waals surface area contributed by atoms with Crippen LogP contribution in [0.25, 0.3) is 0 Å². The molecule has 0 unspecified atom stereocenters. The van der Waals surface area contributed by atoms with Gasteiger partial charge < -0.3 is 16.0 Å². The standard InChI is InChI=1S/C18H23N3O.2ClH/c1-3-13-21(4-2)15-11-9-14(10-12-15)18(22)20-17-8-6-5-7-16(17)19;;/h5-12H,3-4,13,19H2,1-2H3,(H,20,22);2*1H. The third-order valence-electron chi connectivity index (χ3n) is 3.58. The molecule has 0 atom stereocenters. The van der Waals surface area contributed by atoms with Crippen molar-refractivity contribution in [3.05, 3.63) is 54.1 Å². The van der Waals surface area contributed by atoms with Crippen molar-refractivity contribution < 1.29 is 4.79 Å². The van der Waals surface area contributed by atoms with Gasteiger partial charge in [-0.25, -0.2) is 0 Å². The zero-order valence-corrected chi connectivity index (χ0v) is 15.6. The van der Waals surface area contributed by atoms with E-state index < -0.39 is 0 Å². The van der Waals surface area contributed by atoms with Crippen molar-refractivity contribution in [2.24, 2.45) is 0 Å². The first-order chi connectivity index (χ1) is 10.7. The number of nitrogen functional groups attached to an aromatic ring is 1. The minimum absolute atomic E-state index is 0. The van der Waals surface area contributed by atoms with Crippen LogP contribution in [0.15, 0.2) is 48.5 Å². The third kappa shape index (κ3) is 5.62. The molecule has 3 N–H and O–H groups in total. The second kappa shape index (κ2) is 10.8. The molecule has 0 heterocycles. The van der Waals surface area contributed by atoms with Gasteiger partial charge in [0, 0.05) is 24.3 Å². The highest BCUT2D eigenvalue weighted by atomic mass is 35.5. The predicted octanol–water partition coefficient (Wildman–Crippen LogP) is 4.60. The van der Waals surface area contributed by atoms with E-state index in [0.29, 0.717) is 16.9 Å². The molecule has 4 nitrogen and oxygen atoms in total. The number of halogens is 2. The van der Waals surface area contributed by atoms with E-state index in [2.05, 4.69) is 24.1 Å². The van der Waals surface area contributed by atoms with E-state index in [-0.39, 0.29) is 30.7 Å². The lowest BCUT2D eigenvalue weighted by atomic mass is 10.1. The molecule has 0 saturated carbocycles. The minimum Gasteiger partial charge on any atom is -0.397 e. The summed E-state index contributed by atoms with van der Waals surface area (Å²) < 4.78 is 0. The van der Waals surface area contributed by atoms with Gasteiger partial charge in [0.15, 0.2) is 0 Å². The van der Waals surface area contributed by atoms with E-state index in [1.165, 1.54) is 0 Å². The number of nitrogens with zero attached hydrogens (tertiary/aromatic N) is 1. The maximum atomic E-state index is 12.3. The number of carbonyl (C=O) groups is 1.